The fourth-order valence-corrected chi connectivity index (χ4v) is 4.88. The minimum Gasteiger partial charge on any atom is -0.378 e. The summed E-state index contributed by atoms with van der Waals surface area (Å²) < 4.78 is 10.9. The van der Waals surface area contributed by atoms with Gasteiger partial charge in [-0.25, -0.2) is 9.97 Å². The molecule has 1 amide bonds. The number of thioether (sulfide) groups is 1. The van der Waals surface area contributed by atoms with Gasteiger partial charge in [-0.1, -0.05) is 54.2 Å². The largest absolute Gasteiger partial charge is 0.378 e. The maximum Gasteiger partial charge on any atom is 0.254 e. The van der Waals surface area contributed by atoms with Gasteiger partial charge in [-0.2, -0.15) is 0 Å². The Balaban J connectivity index is 1.35. The van der Waals surface area contributed by atoms with Crippen molar-refractivity contribution in [3.05, 3.63) is 71.8 Å². The van der Waals surface area contributed by atoms with Crippen LogP contribution in [0.4, 0.5) is 5.82 Å². The van der Waals surface area contributed by atoms with Crippen molar-refractivity contribution in [2.75, 3.05) is 57.5 Å². The number of anilines is 1. The molecule has 2 aliphatic heterocycles. The zero-order valence-electron chi connectivity index (χ0n) is 19.1. The first-order valence-electron chi connectivity index (χ1n) is 11.6. The van der Waals surface area contributed by atoms with E-state index in [-0.39, 0.29) is 5.91 Å². The third-order valence-corrected chi connectivity index (χ3v) is 6.86. The molecule has 7 nitrogen and oxygen atoms in total. The molecule has 0 bridgehead atoms. The summed E-state index contributed by atoms with van der Waals surface area (Å²) in [5.41, 5.74) is 3.77. The first kappa shape index (κ1) is 22.8. The Morgan fingerprint density at radius 1 is 0.853 bits per heavy atom. The lowest BCUT2D eigenvalue weighted by atomic mass is 10.1. The second kappa shape index (κ2) is 11.0. The van der Waals surface area contributed by atoms with E-state index in [0.717, 1.165) is 40.9 Å². The molecule has 3 aromatic rings. The molecule has 5 rings (SSSR count). The maximum atomic E-state index is 12.9. The fraction of sp³-hybridized carbons (Fsp3) is 0.346. The van der Waals surface area contributed by atoms with Crippen molar-refractivity contribution in [2.45, 2.75) is 10.9 Å². The van der Waals surface area contributed by atoms with Gasteiger partial charge in [0.15, 0.2) is 5.16 Å². The number of rotatable bonds is 6. The Hall–Kier alpha value is -2.94. The van der Waals surface area contributed by atoms with Gasteiger partial charge < -0.3 is 19.3 Å². The number of morpholine rings is 2. The van der Waals surface area contributed by atoms with Gasteiger partial charge in [0.05, 0.1) is 32.1 Å². The van der Waals surface area contributed by atoms with E-state index in [2.05, 4.69) is 23.1 Å². The van der Waals surface area contributed by atoms with E-state index in [1.165, 1.54) is 0 Å². The summed E-state index contributed by atoms with van der Waals surface area (Å²) in [4.78, 5) is 26.7. The van der Waals surface area contributed by atoms with Gasteiger partial charge in [0.2, 0.25) is 0 Å². The zero-order chi connectivity index (χ0) is 23.2. The van der Waals surface area contributed by atoms with E-state index < -0.39 is 0 Å². The van der Waals surface area contributed by atoms with Crippen LogP contribution in [0.15, 0.2) is 65.8 Å². The lowest BCUT2D eigenvalue weighted by Gasteiger charge is -2.28. The van der Waals surface area contributed by atoms with Crippen LogP contribution in [0.1, 0.15) is 15.9 Å². The van der Waals surface area contributed by atoms with Crippen LogP contribution < -0.4 is 4.90 Å². The summed E-state index contributed by atoms with van der Waals surface area (Å²) in [6.07, 6.45) is 0. The van der Waals surface area contributed by atoms with E-state index in [1.807, 2.05) is 47.4 Å². The summed E-state index contributed by atoms with van der Waals surface area (Å²) in [5, 5.41) is 0.729. The topological polar surface area (TPSA) is 67.8 Å². The summed E-state index contributed by atoms with van der Waals surface area (Å²) in [5.74, 6) is 1.67. The van der Waals surface area contributed by atoms with Crippen LogP contribution in [-0.2, 0) is 15.2 Å². The molecule has 0 radical (unpaired) electrons. The minimum absolute atomic E-state index is 0.0621. The molecule has 0 atom stereocenters. The van der Waals surface area contributed by atoms with Crippen LogP contribution >= 0.6 is 11.8 Å². The van der Waals surface area contributed by atoms with Crippen LogP contribution in [0.5, 0.6) is 0 Å². The number of benzene rings is 2. The van der Waals surface area contributed by atoms with E-state index in [4.69, 9.17) is 19.4 Å². The predicted molar refractivity (Wildman–Crippen MR) is 133 cm³/mol. The molecule has 3 heterocycles. The van der Waals surface area contributed by atoms with Crippen LogP contribution in [-0.4, -0.2) is 73.4 Å². The van der Waals surface area contributed by atoms with Gasteiger partial charge in [0.1, 0.15) is 5.82 Å². The van der Waals surface area contributed by atoms with Crippen molar-refractivity contribution in [2.24, 2.45) is 0 Å². The quantitative estimate of drug-likeness (QED) is 0.397. The van der Waals surface area contributed by atoms with Crippen molar-refractivity contribution in [3.63, 3.8) is 0 Å². The monoisotopic (exact) mass is 476 g/mol. The zero-order valence-corrected chi connectivity index (χ0v) is 19.9. The van der Waals surface area contributed by atoms with Crippen molar-refractivity contribution in [1.82, 2.24) is 14.9 Å². The highest BCUT2D eigenvalue weighted by atomic mass is 32.2. The summed E-state index contributed by atoms with van der Waals surface area (Å²) in [6.45, 7) is 5.53. The number of hydrogen-bond acceptors (Lipinski definition) is 7. The highest BCUT2D eigenvalue weighted by molar-refractivity contribution is 7.98. The molecule has 176 valence electrons. The molecule has 0 aliphatic carbocycles. The average Bonchev–Trinajstić information content (AvgIpc) is 2.93. The second-order valence-corrected chi connectivity index (χ2v) is 9.20. The molecule has 0 unspecified atom stereocenters. The molecule has 0 saturated carbocycles. The number of aromatic nitrogens is 2. The third-order valence-electron chi connectivity index (χ3n) is 5.94. The summed E-state index contributed by atoms with van der Waals surface area (Å²) >= 11 is 1.59. The molecular weight excluding hydrogens is 448 g/mol. The number of carbonyl (C=O) groups excluding carboxylic acids is 1. The van der Waals surface area contributed by atoms with E-state index in [9.17, 15) is 4.79 Å². The van der Waals surface area contributed by atoms with Crippen molar-refractivity contribution >= 4 is 23.5 Å². The Morgan fingerprint density at radius 2 is 1.59 bits per heavy atom. The molecular formula is C26H28N4O3S. The number of hydrogen-bond donors (Lipinski definition) is 0. The average molecular weight is 477 g/mol. The molecule has 2 aliphatic rings. The highest BCUT2D eigenvalue weighted by Gasteiger charge is 2.19. The highest BCUT2D eigenvalue weighted by Crippen LogP contribution is 2.28. The normalized spacial score (nSPS) is 16.5. The molecule has 1 aromatic heterocycles. The van der Waals surface area contributed by atoms with Crippen molar-refractivity contribution < 1.29 is 14.3 Å². The van der Waals surface area contributed by atoms with E-state index in [0.29, 0.717) is 50.8 Å². The SMILES string of the molecule is O=C(c1cccc(CSc2nc(-c3ccccc3)cc(N3CCOCC3)n2)c1)N1CCOCC1. The molecule has 2 saturated heterocycles. The first-order chi connectivity index (χ1) is 16.8. The van der Waals surface area contributed by atoms with Gasteiger partial charge in [-0.3, -0.25) is 4.79 Å². The molecule has 2 fully saturated rings. The Morgan fingerprint density at radius 3 is 2.35 bits per heavy atom. The van der Waals surface area contributed by atoms with E-state index in [1.54, 1.807) is 11.8 Å². The van der Waals surface area contributed by atoms with E-state index >= 15 is 0 Å². The smallest absolute Gasteiger partial charge is 0.254 e. The molecule has 34 heavy (non-hydrogen) atoms. The van der Waals surface area contributed by atoms with Gasteiger partial charge in [0.25, 0.3) is 5.91 Å². The van der Waals surface area contributed by atoms with Crippen LogP contribution in [0, 0.1) is 0 Å². The van der Waals surface area contributed by atoms with Gasteiger partial charge in [0, 0.05) is 49.1 Å². The number of amides is 1. The second-order valence-electron chi connectivity index (χ2n) is 8.25. The summed E-state index contributed by atoms with van der Waals surface area (Å²) in [7, 11) is 0. The lowest BCUT2D eigenvalue weighted by Crippen LogP contribution is -2.40. The number of nitrogens with zero attached hydrogens (tertiary/aromatic N) is 4. The molecule has 0 N–H and O–H groups in total. The Bertz CT molecular complexity index is 1120. The minimum atomic E-state index is 0.0621. The lowest BCUT2D eigenvalue weighted by molar-refractivity contribution is 0.0303. The molecule has 8 heteroatoms. The van der Waals surface area contributed by atoms with Gasteiger partial charge >= 0.3 is 0 Å². The Kier molecular flexibility index (Phi) is 7.38. The third kappa shape index (κ3) is 5.58. The fourth-order valence-electron chi connectivity index (χ4n) is 4.08. The van der Waals surface area contributed by atoms with Gasteiger partial charge in [-0.05, 0) is 17.7 Å². The number of carbonyl (C=O) groups is 1. The standard InChI is InChI=1S/C26H28N4O3S/c31-25(30-11-15-33-16-12-30)22-8-4-5-20(17-22)19-34-26-27-23(21-6-2-1-3-7-21)18-24(28-26)29-9-13-32-14-10-29/h1-8,17-18H,9-16,19H2. The summed E-state index contributed by atoms with van der Waals surface area (Å²) in [6, 6.07) is 20.1. The van der Waals surface area contributed by atoms with Crippen molar-refractivity contribution in [3.8, 4) is 11.3 Å². The van der Waals surface area contributed by atoms with Crippen LogP contribution in [0.3, 0.4) is 0 Å². The number of ether oxygens (including phenoxy) is 2. The van der Waals surface area contributed by atoms with Gasteiger partial charge in [-0.15, -0.1) is 0 Å². The molecule has 0 spiro atoms. The predicted octanol–water partition coefficient (Wildman–Crippen LogP) is 3.74. The van der Waals surface area contributed by atoms with Crippen LogP contribution in [0.2, 0.25) is 0 Å². The van der Waals surface area contributed by atoms with Crippen molar-refractivity contribution in [1.29, 1.82) is 0 Å². The Labute approximate surface area is 204 Å². The maximum absolute atomic E-state index is 12.9. The first-order valence-corrected chi connectivity index (χ1v) is 12.6. The van der Waals surface area contributed by atoms with Crippen LogP contribution in [0.25, 0.3) is 11.3 Å². The molecule has 2 aromatic carbocycles.